The van der Waals surface area contributed by atoms with E-state index in [4.69, 9.17) is 9.68 Å². The molecular weight excluding hydrogens is 316 g/mol. The Morgan fingerprint density at radius 3 is 1.63 bits per heavy atom. The number of hydrogen-bond acceptors (Lipinski definition) is 4. The van der Waals surface area contributed by atoms with E-state index in [1.807, 2.05) is 0 Å². The summed E-state index contributed by atoms with van der Waals surface area (Å²) in [5, 5.41) is 2.16. The van der Waals surface area contributed by atoms with Crippen LogP contribution in [-0.4, -0.2) is 50.3 Å². The molecule has 7 heteroatoms. The first-order valence-electron chi connectivity index (χ1n) is 5.35. The lowest BCUT2D eigenvalue weighted by molar-refractivity contribution is -0.0762. The molecule has 0 heterocycles. The van der Waals surface area contributed by atoms with Gasteiger partial charge in [0.05, 0.1) is 14.2 Å². The minimum Gasteiger partial charge on any atom is -0.274 e. The summed E-state index contributed by atoms with van der Waals surface area (Å²) in [4.78, 5) is 33.6. The maximum Gasteiger partial charge on any atom is 0.277 e. The summed E-state index contributed by atoms with van der Waals surface area (Å²) in [7, 11) is 5.76. The number of hydrogen-bond donors (Lipinski definition) is 0. The number of benzene rings is 1. The highest BCUT2D eigenvalue weighted by atomic mass is 79.9. The van der Waals surface area contributed by atoms with E-state index in [1.54, 1.807) is 12.1 Å². The summed E-state index contributed by atoms with van der Waals surface area (Å²) in [5.74, 6) is -0.698. The van der Waals surface area contributed by atoms with Crippen molar-refractivity contribution in [3.63, 3.8) is 0 Å². The van der Waals surface area contributed by atoms with Crippen LogP contribution in [0.5, 0.6) is 0 Å². The lowest BCUT2D eigenvalue weighted by Crippen LogP contribution is -2.27. The highest BCUT2D eigenvalue weighted by Gasteiger charge is 2.17. The molecule has 0 unspecified atom stereocenters. The van der Waals surface area contributed by atoms with Gasteiger partial charge in [0.15, 0.2) is 0 Å². The maximum absolute atomic E-state index is 12.0. The van der Waals surface area contributed by atoms with Crippen LogP contribution in [-0.2, 0) is 9.68 Å². The van der Waals surface area contributed by atoms with Gasteiger partial charge in [0.2, 0.25) is 0 Å². The van der Waals surface area contributed by atoms with Gasteiger partial charge >= 0.3 is 0 Å². The fourth-order valence-corrected chi connectivity index (χ4v) is 1.86. The summed E-state index contributed by atoms with van der Waals surface area (Å²) in [6.45, 7) is 0. The molecule has 0 fully saturated rings. The molecule has 2 amide bonds. The van der Waals surface area contributed by atoms with Crippen LogP contribution in [0.2, 0.25) is 0 Å². The van der Waals surface area contributed by atoms with Gasteiger partial charge in [-0.3, -0.25) is 19.3 Å². The Kier molecular flexibility index (Phi) is 5.46. The molecule has 0 aliphatic carbocycles. The van der Waals surface area contributed by atoms with Gasteiger partial charge in [0.25, 0.3) is 11.8 Å². The van der Waals surface area contributed by atoms with Gasteiger partial charge in [-0.05, 0) is 18.2 Å². The van der Waals surface area contributed by atoms with E-state index in [0.717, 1.165) is 10.1 Å². The van der Waals surface area contributed by atoms with Gasteiger partial charge in [-0.1, -0.05) is 15.9 Å². The van der Waals surface area contributed by atoms with E-state index in [9.17, 15) is 9.59 Å². The molecule has 1 rings (SSSR count). The lowest BCUT2D eigenvalue weighted by atomic mass is 10.1. The van der Waals surface area contributed by atoms with Crippen LogP contribution in [0.15, 0.2) is 22.7 Å². The molecule has 0 aromatic heterocycles. The van der Waals surface area contributed by atoms with Gasteiger partial charge < -0.3 is 0 Å². The second-order valence-corrected chi connectivity index (χ2v) is 4.61. The van der Waals surface area contributed by atoms with Crippen molar-refractivity contribution >= 4 is 27.7 Å². The first-order valence-corrected chi connectivity index (χ1v) is 6.15. The lowest BCUT2D eigenvalue weighted by Gasteiger charge is -2.16. The first-order chi connectivity index (χ1) is 8.90. The van der Waals surface area contributed by atoms with E-state index >= 15 is 0 Å². The van der Waals surface area contributed by atoms with Crippen molar-refractivity contribution in [2.75, 3.05) is 28.3 Å². The Morgan fingerprint density at radius 2 is 1.32 bits per heavy atom. The Labute approximate surface area is 119 Å². The second-order valence-electron chi connectivity index (χ2n) is 3.70. The van der Waals surface area contributed by atoms with Crippen molar-refractivity contribution in [2.45, 2.75) is 0 Å². The average molecular weight is 331 g/mol. The van der Waals surface area contributed by atoms with Crippen molar-refractivity contribution in [1.82, 2.24) is 10.1 Å². The Bertz CT molecular complexity index is 452. The zero-order valence-electron chi connectivity index (χ0n) is 11.1. The fraction of sp³-hybridized carbons (Fsp3) is 0.333. The molecule has 0 saturated carbocycles. The monoisotopic (exact) mass is 330 g/mol. The summed E-state index contributed by atoms with van der Waals surface area (Å²) in [6, 6.07) is 4.71. The maximum atomic E-state index is 12.0. The topological polar surface area (TPSA) is 59.1 Å². The third kappa shape index (κ3) is 3.76. The van der Waals surface area contributed by atoms with Crippen molar-refractivity contribution in [3.05, 3.63) is 33.8 Å². The molecule has 0 radical (unpaired) electrons. The Morgan fingerprint density at radius 1 is 0.947 bits per heavy atom. The van der Waals surface area contributed by atoms with Crippen LogP contribution in [0.3, 0.4) is 0 Å². The molecule has 0 atom stereocenters. The normalized spacial score (nSPS) is 10.2. The smallest absolute Gasteiger partial charge is 0.274 e. The van der Waals surface area contributed by atoms with E-state index in [1.165, 1.54) is 34.4 Å². The third-order valence-corrected chi connectivity index (χ3v) is 2.97. The number of amides is 2. The Hall–Kier alpha value is -1.44. The number of hydroxylamine groups is 4. The van der Waals surface area contributed by atoms with E-state index in [0.29, 0.717) is 15.6 Å². The fourth-order valence-electron chi connectivity index (χ4n) is 1.37. The minimum atomic E-state index is -0.349. The van der Waals surface area contributed by atoms with Gasteiger partial charge in [-0.2, -0.15) is 0 Å². The molecule has 0 aliphatic rings. The van der Waals surface area contributed by atoms with Crippen molar-refractivity contribution in [3.8, 4) is 0 Å². The van der Waals surface area contributed by atoms with Gasteiger partial charge in [0, 0.05) is 29.7 Å². The zero-order chi connectivity index (χ0) is 14.6. The number of rotatable bonds is 4. The molecule has 1 aromatic rings. The van der Waals surface area contributed by atoms with Crippen molar-refractivity contribution < 1.29 is 19.3 Å². The summed E-state index contributed by atoms with van der Waals surface area (Å²) in [6.07, 6.45) is 0. The van der Waals surface area contributed by atoms with Crippen LogP contribution < -0.4 is 0 Å². The zero-order valence-corrected chi connectivity index (χ0v) is 12.7. The van der Waals surface area contributed by atoms with E-state index < -0.39 is 0 Å². The van der Waals surface area contributed by atoms with Gasteiger partial charge in [-0.15, -0.1) is 0 Å². The molecule has 0 spiro atoms. The highest BCUT2D eigenvalue weighted by molar-refractivity contribution is 9.10. The van der Waals surface area contributed by atoms with Crippen LogP contribution in [0, 0.1) is 0 Å². The largest absolute Gasteiger partial charge is 0.277 e. The third-order valence-electron chi connectivity index (χ3n) is 2.51. The SMILES string of the molecule is CON(C)C(=O)c1cc(Br)cc(C(=O)N(C)OC)c1. The molecule has 6 nitrogen and oxygen atoms in total. The molecular formula is C12H15BrN2O4. The van der Waals surface area contributed by atoms with Gasteiger partial charge in [-0.25, -0.2) is 10.1 Å². The summed E-state index contributed by atoms with van der Waals surface area (Å²) in [5.41, 5.74) is 0.679. The van der Waals surface area contributed by atoms with Crippen LogP contribution in [0.4, 0.5) is 0 Å². The number of carbonyl (C=O) groups is 2. The molecule has 104 valence electrons. The summed E-state index contributed by atoms with van der Waals surface area (Å²) < 4.78 is 0.621. The van der Waals surface area contributed by atoms with Crippen LogP contribution in [0.25, 0.3) is 0 Å². The standard InChI is InChI=1S/C12H15BrN2O4/c1-14(18-3)11(16)8-5-9(7-10(13)6-8)12(17)15(2)19-4/h5-7H,1-4H3. The minimum absolute atomic E-state index is 0.339. The molecule has 0 aliphatic heterocycles. The quantitative estimate of drug-likeness (QED) is 0.788. The van der Waals surface area contributed by atoms with Crippen LogP contribution in [0.1, 0.15) is 20.7 Å². The molecule has 0 N–H and O–H groups in total. The number of carbonyl (C=O) groups excluding carboxylic acids is 2. The second kappa shape index (κ2) is 6.65. The number of nitrogens with zero attached hydrogens (tertiary/aromatic N) is 2. The first kappa shape index (κ1) is 15.6. The van der Waals surface area contributed by atoms with Gasteiger partial charge in [0.1, 0.15) is 0 Å². The molecule has 0 bridgehead atoms. The van der Waals surface area contributed by atoms with Crippen molar-refractivity contribution in [1.29, 1.82) is 0 Å². The van der Waals surface area contributed by atoms with E-state index in [-0.39, 0.29) is 11.8 Å². The van der Waals surface area contributed by atoms with Crippen LogP contribution >= 0.6 is 15.9 Å². The predicted octanol–water partition coefficient (Wildman–Crippen LogP) is 1.72. The number of halogens is 1. The average Bonchev–Trinajstić information content (AvgIpc) is 2.43. The molecule has 1 aromatic carbocycles. The van der Waals surface area contributed by atoms with E-state index in [2.05, 4.69) is 15.9 Å². The molecule has 0 saturated heterocycles. The Balaban J connectivity index is 3.14. The highest BCUT2D eigenvalue weighted by Crippen LogP contribution is 2.18. The predicted molar refractivity (Wildman–Crippen MR) is 72.3 cm³/mol. The molecule has 19 heavy (non-hydrogen) atoms. The summed E-state index contributed by atoms with van der Waals surface area (Å²) >= 11 is 3.27. The van der Waals surface area contributed by atoms with Crippen molar-refractivity contribution in [2.24, 2.45) is 0 Å².